The van der Waals surface area contributed by atoms with E-state index in [1.807, 2.05) is 13.0 Å². The maximum Gasteiger partial charge on any atom is 0.305 e. The summed E-state index contributed by atoms with van der Waals surface area (Å²) >= 11 is 0. The predicted molar refractivity (Wildman–Crippen MR) is 130 cm³/mol. The van der Waals surface area contributed by atoms with Crippen LogP contribution in [0.2, 0.25) is 0 Å². The maximum absolute atomic E-state index is 13.7. The monoisotopic (exact) mass is 497 g/mol. The van der Waals surface area contributed by atoms with Crippen molar-refractivity contribution < 1.29 is 33.8 Å². The van der Waals surface area contributed by atoms with E-state index in [0.29, 0.717) is 23.3 Å². The summed E-state index contributed by atoms with van der Waals surface area (Å²) in [7, 11) is 2.86. The van der Waals surface area contributed by atoms with Crippen molar-refractivity contribution in [3.63, 3.8) is 0 Å². The highest BCUT2D eigenvalue weighted by atomic mass is 16.5. The van der Waals surface area contributed by atoms with Gasteiger partial charge in [0.05, 0.1) is 19.6 Å². The second-order valence-electron chi connectivity index (χ2n) is 8.55. The molecule has 3 rings (SSSR count). The molecule has 2 atom stereocenters. The number of carbonyl (C=O) groups excluding carboxylic acids is 3. The van der Waals surface area contributed by atoms with E-state index < -0.39 is 35.9 Å². The summed E-state index contributed by atoms with van der Waals surface area (Å²) in [4.78, 5) is 54.3. The van der Waals surface area contributed by atoms with Crippen LogP contribution in [0.15, 0.2) is 48.5 Å². The third kappa shape index (κ3) is 6.39. The second-order valence-corrected chi connectivity index (χ2v) is 8.55. The number of aryl methyl sites for hydroxylation is 1. The fourth-order valence-electron chi connectivity index (χ4n) is 4.27. The van der Waals surface area contributed by atoms with E-state index in [-0.39, 0.29) is 26.1 Å². The number of aliphatic carboxylic acids is 1. The van der Waals surface area contributed by atoms with Crippen molar-refractivity contribution in [2.75, 3.05) is 33.9 Å². The first-order chi connectivity index (χ1) is 17.2. The van der Waals surface area contributed by atoms with Crippen LogP contribution < -0.4 is 10.1 Å². The molecule has 0 aromatic heterocycles. The van der Waals surface area contributed by atoms with Crippen molar-refractivity contribution in [2.24, 2.45) is 0 Å². The molecule has 0 saturated carbocycles. The smallest absolute Gasteiger partial charge is 0.305 e. The molecular weight excluding hydrogens is 466 g/mol. The van der Waals surface area contributed by atoms with Gasteiger partial charge in [-0.1, -0.05) is 35.9 Å². The number of benzene rings is 2. The number of carbonyl (C=O) groups is 4. The number of nitrogens with one attached hydrogen (secondary N) is 1. The molecule has 1 heterocycles. The number of carboxylic acid groups (broad SMARTS) is 1. The molecule has 2 aromatic carbocycles. The summed E-state index contributed by atoms with van der Waals surface area (Å²) in [6.07, 6.45) is -1.18. The predicted octanol–water partition coefficient (Wildman–Crippen LogP) is 1.98. The number of hydrogen-bond donors (Lipinski definition) is 2. The Labute approximate surface area is 209 Å². The third-order valence-electron chi connectivity index (χ3n) is 5.93. The SMILES string of the molecule is COCC(=O)N1CCCN(C(=O)c2cccc(OC)c2)C1C(=O)NC(CC(=O)O)c1cccc(C)c1. The Hall–Kier alpha value is -3.92. The Bertz CT molecular complexity index is 1120. The first-order valence-electron chi connectivity index (χ1n) is 11.6. The van der Waals surface area contributed by atoms with Gasteiger partial charge in [0.2, 0.25) is 0 Å². The van der Waals surface area contributed by atoms with Crippen molar-refractivity contribution in [2.45, 2.75) is 32.0 Å². The molecule has 2 unspecified atom stereocenters. The average Bonchev–Trinajstić information content (AvgIpc) is 2.87. The molecule has 1 aliphatic rings. The summed E-state index contributed by atoms with van der Waals surface area (Å²) in [5.74, 6) is -2.17. The van der Waals surface area contributed by atoms with Gasteiger partial charge < -0.3 is 29.7 Å². The largest absolute Gasteiger partial charge is 0.497 e. The van der Waals surface area contributed by atoms with Gasteiger partial charge >= 0.3 is 5.97 Å². The Morgan fingerprint density at radius 2 is 1.78 bits per heavy atom. The van der Waals surface area contributed by atoms with E-state index in [4.69, 9.17) is 9.47 Å². The van der Waals surface area contributed by atoms with Gasteiger partial charge in [-0.15, -0.1) is 0 Å². The van der Waals surface area contributed by atoms with Crippen LogP contribution in [0.1, 0.15) is 40.4 Å². The second kappa shape index (κ2) is 12.2. The van der Waals surface area contributed by atoms with E-state index >= 15 is 0 Å². The van der Waals surface area contributed by atoms with Gasteiger partial charge in [0.1, 0.15) is 12.4 Å². The molecule has 1 saturated heterocycles. The van der Waals surface area contributed by atoms with Gasteiger partial charge in [-0.05, 0) is 37.1 Å². The number of methoxy groups -OCH3 is 2. The molecule has 0 spiro atoms. The Morgan fingerprint density at radius 1 is 1.06 bits per heavy atom. The quantitative estimate of drug-likeness (QED) is 0.543. The lowest BCUT2D eigenvalue weighted by molar-refractivity contribution is -0.152. The van der Waals surface area contributed by atoms with Gasteiger partial charge in [0.25, 0.3) is 17.7 Å². The Morgan fingerprint density at radius 3 is 2.44 bits per heavy atom. The summed E-state index contributed by atoms with van der Waals surface area (Å²) < 4.78 is 10.2. The zero-order valence-electron chi connectivity index (χ0n) is 20.6. The lowest BCUT2D eigenvalue weighted by atomic mass is 10.0. The lowest BCUT2D eigenvalue weighted by Crippen LogP contribution is -2.64. The van der Waals surface area contributed by atoms with Crippen LogP contribution >= 0.6 is 0 Å². The highest BCUT2D eigenvalue weighted by molar-refractivity contribution is 5.99. The molecule has 192 valence electrons. The van der Waals surface area contributed by atoms with Gasteiger partial charge in [0, 0.05) is 25.8 Å². The first-order valence-corrected chi connectivity index (χ1v) is 11.6. The molecule has 10 nitrogen and oxygen atoms in total. The highest BCUT2D eigenvalue weighted by Gasteiger charge is 2.41. The zero-order valence-corrected chi connectivity index (χ0v) is 20.6. The van der Waals surface area contributed by atoms with Crippen molar-refractivity contribution in [3.05, 3.63) is 65.2 Å². The van der Waals surface area contributed by atoms with Crippen LogP contribution in [0.3, 0.4) is 0 Å². The molecule has 2 aromatic rings. The van der Waals surface area contributed by atoms with Crippen molar-refractivity contribution in [1.82, 2.24) is 15.1 Å². The molecule has 2 N–H and O–H groups in total. The van der Waals surface area contributed by atoms with Crippen LogP contribution in [-0.4, -0.2) is 78.7 Å². The fourth-order valence-corrected chi connectivity index (χ4v) is 4.27. The van der Waals surface area contributed by atoms with Crippen LogP contribution in [0.5, 0.6) is 5.75 Å². The molecule has 1 fully saturated rings. The number of hydrogen-bond acceptors (Lipinski definition) is 6. The summed E-state index contributed by atoms with van der Waals surface area (Å²) in [5, 5.41) is 12.3. The topological polar surface area (TPSA) is 125 Å². The van der Waals surface area contributed by atoms with Crippen molar-refractivity contribution >= 4 is 23.7 Å². The molecule has 0 radical (unpaired) electrons. The highest BCUT2D eigenvalue weighted by Crippen LogP contribution is 2.24. The molecule has 3 amide bonds. The van der Waals surface area contributed by atoms with E-state index in [9.17, 15) is 24.3 Å². The van der Waals surface area contributed by atoms with Gasteiger partial charge in [-0.2, -0.15) is 0 Å². The lowest BCUT2D eigenvalue weighted by Gasteiger charge is -2.43. The number of rotatable bonds is 9. The molecule has 10 heteroatoms. The van der Waals surface area contributed by atoms with Gasteiger partial charge in [-0.25, -0.2) is 0 Å². The van der Waals surface area contributed by atoms with E-state index in [2.05, 4.69) is 5.32 Å². The minimum atomic E-state index is -1.28. The van der Waals surface area contributed by atoms with Crippen LogP contribution in [0.4, 0.5) is 0 Å². The normalized spacial score (nSPS) is 16.2. The Kier molecular flexibility index (Phi) is 9.02. The number of amides is 3. The fraction of sp³-hybridized carbons (Fsp3) is 0.385. The van der Waals surface area contributed by atoms with Crippen molar-refractivity contribution in [1.29, 1.82) is 0 Å². The van der Waals surface area contributed by atoms with E-state index in [1.54, 1.807) is 42.5 Å². The Balaban J connectivity index is 1.97. The minimum absolute atomic E-state index is 0.235. The molecule has 1 aliphatic heterocycles. The zero-order chi connectivity index (χ0) is 26.2. The summed E-state index contributed by atoms with van der Waals surface area (Å²) in [6.45, 7) is 2.08. The molecule has 36 heavy (non-hydrogen) atoms. The summed E-state index contributed by atoms with van der Waals surface area (Å²) in [5.41, 5.74) is 1.82. The van der Waals surface area contributed by atoms with Crippen LogP contribution in [0, 0.1) is 6.92 Å². The number of carboxylic acids is 1. The number of nitrogens with zero attached hydrogens (tertiary/aromatic N) is 2. The summed E-state index contributed by atoms with van der Waals surface area (Å²) in [6, 6.07) is 12.8. The van der Waals surface area contributed by atoms with Gasteiger partial charge in [-0.3, -0.25) is 19.2 Å². The maximum atomic E-state index is 13.7. The first kappa shape index (κ1) is 26.7. The molecule has 0 aliphatic carbocycles. The number of ether oxygens (including phenoxy) is 2. The van der Waals surface area contributed by atoms with Gasteiger partial charge in [0.15, 0.2) is 6.17 Å². The molecule has 0 bridgehead atoms. The van der Waals surface area contributed by atoms with Crippen LogP contribution in [0.25, 0.3) is 0 Å². The third-order valence-corrected chi connectivity index (χ3v) is 5.93. The van der Waals surface area contributed by atoms with E-state index in [0.717, 1.165) is 5.56 Å². The van der Waals surface area contributed by atoms with Crippen LogP contribution in [-0.2, 0) is 19.1 Å². The minimum Gasteiger partial charge on any atom is -0.497 e. The average molecular weight is 498 g/mol. The van der Waals surface area contributed by atoms with E-state index in [1.165, 1.54) is 24.0 Å². The standard InChI is InChI=1S/C26H31N3O7/c1-17-7-4-8-18(13-17)21(15-23(31)32)27-24(33)25-28(22(30)16-35-2)11-6-12-29(25)26(34)19-9-5-10-20(14-19)36-3/h4-5,7-10,13-14,21,25H,6,11-12,15-16H2,1-3H3,(H,27,33)(H,31,32). The molecular formula is C26H31N3O7. The van der Waals surface area contributed by atoms with Crippen molar-refractivity contribution in [3.8, 4) is 5.75 Å².